The highest BCUT2D eigenvalue weighted by molar-refractivity contribution is 5.95. The number of aromatic nitrogens is 5. The van der Waals surface area contributed by atoms with E-state index >= 15 is 0 Å². The molecule has 3 aromatic carbocycles. The summed E-state index contributed by atoms with van der Waals surface area (Å²) in [7, 11) is 0. The van der Waals surface area contributed by atoms with Crippen LogP contribution in [-0.4, -0.2) is 55.7 Å². The molecule has 8 rings (SSSR count). The zero-order chi connectivity index (χ0) is 29.6. The molecule has 2 aliphatic rings. The summed E-state index contributed by atoms with van der Waals surface area (Å²) in [5, 5.41) is 14.5. The lowest BCUT2D eigenvalue weighted by molar-refractivity contribution is -0.122. The number of anilines is 1. The van der Waals surface area contributed by atoms with Crippen LogP contribution < -0.4 is 15.0 Å². The first-order valence-corrected chi connectivity index (χ1v) is 15.0. The molecule has 0 spiro atoms. The Labute approximate surface area is 252 Å². The summed E-state index contributed by atoms with van der Waals surface area (Å²) in [5.74, 6) is 1.06. The number of hydrogen-bond acceptors (Lipinski definition) is 6. The van der Waals surface area contributed by atoms with Gasteiger partial charge < -0.3 is 15.0 Å². The molecule has 1 saturated heterocycles. The fourth-order valence-electron chi connectivity index (χ4n) is 6.44. The minimum atomic E-state index is -0.465. The Bertz CT molecular complexity index is 2000. The van der Waals surface area contributed by atoms with Crippen LogP contribution in [0.15, 0.2) is 91.4 Å². The first-order chi connectivity index (χ1) is 21.6. The molecule has 9 nitrogen and oxygen atoms in total. The summed E-state index contributed by atoms with van der Waals surface area (Å²) >= 11 is 0. The van der Waals surface area contributed by atoms with Crippen molar-refractivity contribution in [3.63, 3.8) is 0 Å². The molecule has 5 heterocycles. The Kier molecular flexibility index (Phi) is 6.47. The van der Waals surface area contributed by atoms with Crippen molar-refractivity contribution in [1.29, 1.82) is 0 Å². The zero-order valence-electron chi connectivity index (χ0n) is 23.9. The van der Waals surface area contributed by atoms with Crippen molar-refractivity contribution in [2.75, 3.05) is 18.0 Å². The lowest BCUT2D eigenvalue weighted by atomic mass is 10.0. The summed E-state index contributed by atoms with van der Waals surface area (Å²) in [6.07, 6.45) is 7.60. The van der Waals surface area contributed by atoms with Gasteiger partial charge in [0.05, 0.1) is 34.8 Å². The minimum absolute atomic E-state index is 0.0488. The predicted molar refractivity (Wildman–Crippen MR) is 166 cm³/mol. The second-order valence-corrected chi connectivity index (χ2v) is 11.4. The number of fused-ring (bicyclic) bond motifs is 7. The molecule has 44 heavy (non-hydrogen) atoms. The van der Waals surface area contributed by atoms with E-state index in [0.29, 0.717) is 25.3 Å². The van der Waals surface area contributed by atoms with Gasteiger partial charge >= 0.3 is 0 Å². The van der Waals surface area contributed by atoms with Crippen LogP contribution in [-0.2, 0) is 11.3 Å². The number of nitrogens with zero attached hydrogens (tertiary/aromatic N) is 6. The maximum Gasteiger partial charge on any atom is 0.242 e. The number of ether oxygens (including phenoxy) is 1. The van der Waals surface area contributed by atoms with E-state index in [-0.39, 0.29) is 17.8 Å². The number of pyridine rings is 1. The lowest BCUT2D eigenvalue weighted by Gasteiger charge is -2.25. The second kappa shape index (κ2) is 10.8. The van der Waals surface area contributed by atoms with Crippen LogP contribution in [0.3, 0.4) is 0 Å². The van der Waals surface area contributed by atoms with Gasteiger partial charge in [0.1, 0.15) is 29.5 Å². The number of carbonyl (C=O) groups is 1. The van der Waals surface area contributed by atoms with Crippen molar-refractivity contribution in [3.8, 4) is 22.6 Å². The second-order valence-electron chi connectivity index (χ2n) is 11.4. The molecule has 1 N–H and O–H groups in total. The van der Waals surface area contributed by atoms with E-state index in [1.165, 1.54) is 12.1 Å². The van der Waals surface area contributed by atoms with Gasteiger partial charge in [-0.15, -0.1) is 0 Å². The van der Waals surface area contributed by atoms with E-state index in [9.17, 15) is 9.18 Å². The molecule has 2 atom stereocenters. The highest BCUT2D eigenvalue weighted by atomic mass is 19.1. The van der Waals surface area contributed by atoms with Crippen molar-refractivity contribution >= 4 is 33.5 Å². The van der Waals surface area contributed by atoms with Crippen LogP contribution in [0.4, 0.5) is 10.2 Å². The normalized spacial score (nSPS) is 18.8. The van der Waals surface area contributed by atoms with Gasteiger partial charge in [-0.05, 0) is 72.5 Å². The quantitative estimate of drug-likeness (QED) is 0.287. The molecule has 10 heteroatoms. The van der Waals surface area contributed by atoms with Gasteiger partial charge in [-0.3, -0.25) is 9.48 Å². The number of rotatable bonds is 2. The smallest absolute Gasteiger partial charge is 0.242 e. The Morgan fingerprint density at radius 1 is 0.977 bits per heavy atom. The summed E-state index contributed by atoms with van der Waals surface area (Å²) in [6, 6.07) is 22.0. The average Bonchev–Trinajstić information content (AvgIpc) is 3.77. The van der Waals surface area contributed by atoms with E-state index < -0.39 is 6.04 Å². The maximum atomic E-state index is 13.7. The summed E-state index contributed by atoms with van der Waals surface area (Å²) in [6.45, 7) is 1.83. The van der Waals surface area contributed by atoms with Crippen LogP contribution in [0.1, 0.15) is 19.3 Å². The SMILES string of the molecule is O=C1NCCCCn2cc3c(cccc3n2)-c2cccc(c2)O[C@H]2C[C@@H]1N(c1nccc3c1cnn3-c1ccc(F)cc1)C2. The van der Waals surface area contributed by atoms with Crippen molar-refractivity contribution in [1.82, 2.24) is 29.9 Å². The Morgan fingerprint density at radius 2 is 1.86 bits per heavy atom. The van der Waals surface area contributed by atoms with Crippen LogP contribution in [0.2, 0.25) is 0 Å². The third kappa shape index (κ3) is 4.72. The zero-order valence-corrected chi connectivity index (χ0v) is 23.9. The van der Waals surface area contributed by atoms with E-state index in [0.717, 1.165) is 63.8 Å². The number of carbonyl (C=O) groups excluding carboxylic acids is 1. The van der Waals surface area contributed by atoms with E-state index in [2.05, 4.69) is 34.8 Å². The molecule has 0 aliphatic carbocycles. The summed E-state index contributed by atoms with van der Waals surface area (Å²) < 4.78 is 23.9. The fraction of sp³-hybridized carbons (Fsp3) is 0.235. The van der Waals surface area contributed by atoms with Gasteiger partial charge in [-0.1, -0.05) is 24.3 Å². The topological polar surface area (TPSA) is 90.1 Å². The largest absolute Gasteiger partial charge is 0.488 e. The first-order valence-electron chi connectivity index (χ1n) is 15.0. The van der Waals surface area contributed by atoms with Crippen molar-refractivity contribution in [3.05, 3.63) is 97.2 Å². The molecule has 0 saturated carbocycles. The Morgan fingerprint density at radius 3 is 2.77 bits per heavy atom. The Balaban J connectivity index is 1.16. The summed E-state index contributed by atoms with van der Waals surface area (Å²) in [5.41, 5.74) is 4.69. The minimum Gasteiger partial charge on any atom is -0.488 e. The molecular weight excluding hydrogens is 557 g/mol. The summed E-state index contributed by atoms with van der Waals surface area (Å²) in [4.78, 5) is 20.5. The van der Waals surface area contributed by atoms with Crippen molar-refractivity contribution < 1.29 is 13.9 Å². The van der Waals surface area contributed by atoms with Gasteiger partial charge in [0.25, 0.3) is 0 Å². The van der Waals surface area contributed by atoms with Crippen LogP contribution >= 0.6 is 0 Å². The molecule has 3 aromatic heterocycles. The van der Waals surface area contributed by atoms with Gasteiger partial charge in [0.2, 0.25) is 5.91 Å². The van der Waals surface area contributed by atoms with Gasteiger partial charge in [-0.2, -0.15) is 10.2 Å². The van der Waals surface area contributed by atoms with Gasteiger partial charge in [-0.25, -0.2) is 14.1 Å². The fourth-order valence-corrected chi connectivity index (χ4v) is 6.44. The standard InChI is InChI=1S/C34H30FN7O2/c35-23-9-11-24(12-10-23)42-31-13-15-36-33(28(31)19-38-42)41-20-26-18-32(41)34(43)37-14-1-2-16-40-21-29-27(7-4-8-30(29)39-40)22-5-3-6-25(17-22)44-26/h3-13,15,17,19,21,26,32H,1-2,14,16,18,20H2,(H,37,43)/t26-,32-/m0/s1. The van der Waals surface area contributed by atoms with E-state index in [1.807, 2.05) is 39.9 Å². The van der Waals surface area contributed by atoms with Crippen molar-refractivity contribution in [2.24, 2.45) is 0 Å². The van der Waals surface area contributed by atoms with Gasteiger partial charge in [0.15, 0.2) is 0 Å². The lowest BCUT2D eigenvalue weighted by Crippen LogP contribution is -2.44. The third-order valence-electron chi connectivity index (χ3n) is 8.54. The Hall–Kier alpha value is -5.25. The number of benzene rings is 3. The predicted octanol–water partition coefficient (Wildman–Crippen LogP) is 5.51. The molecule has 2 aliphatic heterocycles. The molecule has 1 amide bonds. The number of hydrogen-bond donors (Lipinski definition) is 1. The highest BCUT2D eigenvalue weighted by Crippen LogP contribution is 2.35. The number of nitrogens with one attached hydrogen (secondary N) is 1. The van der Waals surface area contributed by atoms with Crippen LogP contribution in [0.5, 0.6) is 5.75 Å². The van der Waals surface area contributed by atoms with Gasteiger partial charge in [0, 0.05) is 37.3 Å². The molecule has 6 aromatic rings. The third-order valence-corrected chi connectivity index (χ3v) is 8.54. The molecule has 220 valence electrons. The molecule has 0 unspecified atom stereocenters. The van der Waals surface area contributed by atoms with Crippen LogP contribution in [0.25, 0.3) is 38.6 Å². The first kappa shape index (κ1) is 26.4. The molecular formula is C34H30FN7O2. The maximum absolute atomic E-state index is 13.7. The van der Waals surface area contributed by atoms with E-state index in [4.69, 9.17) is 14.8 Å². The van der Waals surface area contributed by atoms with Crippen LogP contribution in [0, 0.1) is 5.82 Å². The number of aryl methyl sites for hydroxylation is 1. The molecule has 0 radical (unpaired) electrons. The highest BCUT2D eigenvalue weighted by Gasteiger charge is 2.39. The molecule has 6 bridgehead atoms. The monoisotopic (exact) mass is 587 g/mol. The van der Waals surface area contributed by atoms with E-state index in [1.54, 1.807) is 29.2 Å². The number of halogens is 1. The number of amides is 1. The average molecular weight is 588 g/mol. The molecule has 1 fully saturated rings. The van der Waals surface area contributed by atoms with Crippen molar-refractivity contribution in [2.45, 2.75) is 38.0 Å².